The fourth-order valence-electron chi connectivity index (χ4n) is 3.79. The van der Waals surface area contributed by atoms with Crippen LogP contribution in [-0.2, 0) is 13.1 Å². The minimum atomic E-state index is -1.23. The zero-order valence-electron chi connectivity index (χ0n) is 15.2. The highest BCUT2D eigenvalue weighted by Gasteiger charge is 2.29. The predicted molar refractivity (Wildman–Crippen MR) is 99.5 cm³/mol. The second kappa shape index (κ2) is 7.98. The van der Waals surface area contributed by atoms with Crippen LogP contribution >= 0.6 is 0 Å². The minimum Gasteiger partial charge on any atom is -0.478 e. The molecule has 1 aliphatic heterocycles. The molecule has 0 bridgehead atoms. The van der Waals surface area contributed by atoms with E-state index >= 15 is 0 Å². The van der Waals surface area contributed by atoms with Gasteiger partial charge in [0.1, 0.15) is 5.82 Å². The average molecular weight is 356 g/mol. The minimum absolute atomic E-state index is 0.275. The number of hydrogen-bond donors (Lipinski definition) is 1. The fraction of sp³-hybridized carbons (Fsp3) is 0.381. The van der Waals surface area contributed by atoms with Crippen molar-refractivity contribution in [3.8, 4) is 0 Å². The Bertz CT molecular complexity index is 754. The Kier molecular flexibility index (Phi) is 5.69. The van der Waals surface area contributed by atoms with Crippen molar-refractivity contribution in [1.82, 2.24) is 9.80 Å². The molecular weight excluding hydrogens is 331 g/mol. The lowest BCUT2D eigenvalue weighted by molar-refractivity contribution is 0.0290. The third-order valence-corrected chi connectivity index (χ3v) is 5.06. The zero-order chi connectivity index (χ0) is 18.7. The lowest BCUT2D eigenvalue weighted by Gasteiger charge is -2.44. The summed E-state index contributed by atoms with van der Waals surface area (Å²) in [5.41, 5.74) is 1.84. The maximum absolute atomic E-state index is 13.9. The summed E-state index contributed by atoms with van der Waals surface area (Å²) >= 11 is 0. The summed E-state index contributed by atoms with van der Waals surface area (Å²) < 4.78 is 13.9. The number of benzene rings is 2. The molecule has 5 heteroatoms. The van der Waals surface area contributed by atoms with Gasteiger partial charge >= 0.3 is 5.97 Å². The summed E-state index contributed by atoms with van der Waals surface area (Å²) in [5.74, 6) is -1.90. The molecule has 2 atom stereocenters. The van der Waals surface area contributed by atoms with E-state index in [-0.39, 0.29) is 5.56 Å². The Morgan fingerprint density at radius 1 is 1.04 bits per heavy atom. The van der Waals surface area contributed by atoms with Gasteiger partial charge in [0.05, 0.1) is 5.56 Å². The second-order valence-electron chi connectivity index (χ2n) is 7.17. The molecule has 1 N–H and O–H groups in total. The van der Waals surface area contributed by atoms with Crippen molar-refractivity contribution in [2.24, 2.45) is 0 Å². The lowest BCUT2D eigenvalue weighted by Crippen LogP contribution is -2.55. The molecule has 4 nitrogen and oxygen atoms in total. The van der Waals surface area contributed by atoms with Crippen LogP contribution in [0.25, 0.3) is 0 Å². The summed E-state index contributed by atoms with van der Waals surface area (Å²) in [7, 11) is 0. The standard InChI is InChI=1S/C21H25FN2O2/c1-15-11-23(13-18-8-9-19(21(25)26)20(22)10-18)12-16(2)24(15)14-17-6-4-3-5-7-17/h3-10,15-16H,11-14H2,1-2H3,(H,25,26)/t15-,16+. The van der Waals surface area contributed by atoms with E-state index in [0.29, 0.717) is 18.6 Å². The Labute approximate surface area is 153 Å². The van der Waals surface area contributed by atoms with E-state index < -0.39 is 11.8 Å². The van der Waals surface area contributed by atoms with E-state index in [0.717, 1.165) is 25.2 Å². The van der Waals surface area contributed by atoms with Gasteiger partial charge in [-0.25, -0.2) is 9.18 Å². The SMILES string of the molecule is C[C@@H]1CN(Cc2ccc(C(=O)O)c(F)c2)C[C@H](C)N1Cc1ccccc1. The highest BCUT2D eigenvalue weighted by atomic mass is 19.1. The molecule has 0 amide bonds. The molecule has 1 fully saturated rings. The van der Waals surface area contributed by atoms with Crippen LogP contribution in [0.15, 0.2) is 48.5 Å². The van der Waals surface area contributed by atoms with Crippen molar-refractivity contribution in [2.75, 3.05) is 13.1 Å². The van der Waals surface area contributed by atoms with Crippen LogP contribution in [0.4, 0.5) is 4.39 Å². The summed E-state index contributed by atoms with van der Waals surface area (Å²) in [6, 6.07) is 15.6. The fourth-order valence-corrected chi connectivity index (χ4v) is 3.79. The Hall–Kier alpha value is -2.24. The number of carbonyl (C=O) groups is 1. The molecule has 26 heavy (non-hydrogen) atoms. The van der Waals surface area contributed by atoms with Crippen molar-refractivity contribution >= 4 is 5.97 Å². The first-order chi connectivity index (χ1) is 12.4. The maximum Gasteiger partial charge on any atom is 0.338 e. The molecule has 0 aromatic heterocycles. The molecule has 0 aliphatic carbocycles. The molecule has 2 aromatic rings. The van der Waals surface area contributed by atoms with Crippen molar-refractivity contribution < 1.29 is 14.3 Å². The smallest absolute Gasteiger partial charge is 0.338 e. The van der Waals surface area contributed by atoms with Gasteiger partial charge in [0.2, 0.25) is 0 Å². The van der Waals surface area contributed by atoms with Crippen LogP contribution in [0.5, 0.6) is 0 Å². The quantitative estimate of drug-likeness (QED) is 0.889. The number of halogens is 1. The molecule has 0 spiro atoms. The van der Waals surface area contributed by atoms with Crippen molar-refractivity contribution in [2.45, 2.75) is 39.0 Å². The second-order valence-corrected chi connectivity index (χ2v) is 7.17. The monoisotopic (exact) mass is 356 g/mol. The molecule has 1 heterocycles. The molecule has 0 unspecified atom stereocenters. The van der Waals surface area contributed by atoms with Crippen molar-refractivity contribution in [3.05, 3.63) is 71.0 Å². The van der Waals surface area contributed by atoms with Crippen LogP contribution < -0.4 is 0 Å². The van der Waals surface area contributed by atoms with Crippen LogP contribution in [0, 0.1) is 5.82 Å². The average Bonchev–Trinajstić information content (AvgIpc) is 2.59. The van der Waals surface area contributed by atoms with Gasteiger partial charge in [-0.2, -0.15) is 0 Å². The molecule has 1 aliphatic rings. The number of aromatic carboxylic acids is 1. The lowest BCUT2D eigenvalue weighted by atomic mass is 10.0. The highest BCUT2D eigenvalue weighted by molar-refractivity contribution is 5.87. The first-order valence-corrected chi connectivity index (χ1v) is 8.98. The van der Waals surface area contributed by atoms with Gasteiger partial charge in [-0.15, -0.1) is 0 Å². The van der Waals surface area contributed by atoms with Gasteiger partial charge in [-0.3, -0.25) is 9.80 Å². The van der Waals surface area contributed by atoms with Gasteiger partial charge in [0, 0.05) is 38.3 Å². The molecule has 138 valence electrons. The number of piperazine rings is 1. The third kappa shape index (κ3) is 4.29. The summed E-state index contributed by atoms with van der Waals surface area (Å²) in [6.45, 7) is 7.81. The number of rotatable bonds is 5. The number of carboxylic acids is 1. The van der Waals surface area contributed by atoms with E-state index in [9.17, 15) is 9.18 Å². The molecule has 0 radical (unpaired) electrons. The predicted octanol–water partition coefficient (Wildman–Crippen LogP) is 3.62. The molecule has 1 saturated heterocycles. The number of nitrogens with zero attached hydrogens (tertiary/aromatic N) is 2. The molecule has 2 aromatic carbocycles. The van der Waals surface area contributed by atoms with Gasteiger partial charge in [-0.1, -0.05) is 36.4 Å². The van der Waals surface area contributed by atoms with E-state index in [1.54, 1.807) is 6.07 Å². The summed E-state index contributed by atoms with van der Waals surface area (Å²) in [5, 5.41) is 8.94. The van der Waals surface area contributed by atoms with Crippen LogP contribution in [-0.4, -0.2) is 46.0 Å². The number of hydrogen-bond acceptors (Lipinski definition) is 3. The van der Waals surface area contributed by atoms with Gasteiger partial charge in [0.15, 0.2) is 0 Å². The number of carboxylic acid groups (broad SMARTS) is 1. The van der Waals surface area contributed by atoms with E-state index in [1.807, 2.05) is 6.07 Å². The van der Waals surface area contributed by atoms with Gasteiger partial charge in [0.25, 0.3) is 0 Å². The van der Waals surface area contributed by atoms with E-state index in [1.165, 1.54) is 17.7 Å². The summed E-state index contributed by atoms with van der Waals surface area (Å²) in [4.78, 5) is 15.8. The Morgan fingerprint density at radius 3 is 2.27 bits per heavy atom. The van der Waals surface area contributed by atoms with Crippen molar-refractivity contribution in [3.63, 3.8) is 0 Å². The highest BCUT2D eigenvalue weighted by Crippen LogP contribution is 2.21. The topological polar surface area (TPSA) is 43.8 Å². The Balaban J connectivity index is 1.64. The van der Waals surface area contributed by atoms with E-state index in [2.05, 4.69) is 47.9 Å². The van der Waals surface area contributed by atoms with Gasteiger partial charge in [-0.05, 0) is 37.1 Å². The third-order valence-electron chi connectivity index (χ3n) is 5.06. The largest absolute Gasteiger partial charge is 0.478 e. The van der Waals surface area contributed by atoms with Crippen LogP contribution in [0.2, 0.25) is 0 Å². The Morgan fingerprint density at radius 2 is 1.69 bits per heavy atom. The maximum atomic E-state index is 13.9. The molecule has 0 saturated carbocycles. The van der Waals surface area contributed by atoms with Gasteiger partial charge < -0.3 is 5.11 Å². The summed E-state index contributed by atoms with van der Waals surface area (Å²) in [6.07, 6.45) is 0. The molecule has 3 rings (SSSR count). The molecular formula is C21H25FN2O2. The zero-order valence-corrected chi connectivity index (χ0v) is 15.2. The van der Waals surface area contributed by atoms with E-state index in [4.69, 9.17) is 5.11 Å². The van der Waals surface area contributed by atoms with Crippen molar-refractivity contribution in [1.29, 1.82) is 0 Å². The van der Waals surface area contributed by atoms with Crippen LogP contribution in [0.3, 0.4) is 0 Å². The van der Waals surface area contributed by atoms with Crippen LogP contribution in [0.1, 0.15) is 35.3 Å². The first kappa shape index (κ1) is 18.5. The first-order valence-electron chi connectivity index (χ1n) is 8.98. The normalized spacial score (nSPS) is 21.7.